The lowest BCUT2D eigenvalue weighted by molar-refractivity contribution is 0.101. The highest BCUT2D eigenvalue weighted by Crippen LogP contribution is 2.36. The van der Waals surface area contributed by atoms with E-state index in [1.54, 1.807) is 0 Å². The van der Waals surface area contributed by atoms with Crippen LogP contribution in [-0.4, -0.2) is 29.6 Å². The maximum absolute atomic E-state index is 10.3. The van der Waals surface area contributed by atoms with Gasteiger partial charge in [-0.1, -0.05) is 37.6 Å². The van der Waals surface area contributed by atoms with Crippen LogP contribution in [0.2, 0.25) is 5.02 Å². The summed E-state index contributed by atoms with van der Waals surface area (Å²) in [5.74, 6) is 0. The molecule has 1 unspecified atom stereocenters. The SMILES string of the molecule is CN(CCC(O)c1cccc(Cl)c1)C1CCC(C)(C)CC1. The molecule has 2 rings (SSSR count). The van der Waals surface area contributed by atoms with Crippen molar-refractivity contribution >= 4 is 11.6 Å². The van der Waals surface area contributed by atoms with Crippen LogP contribution in [0.25, 0.3) is 0 Å². The van der Waals surface area contributed by atoms with Gasteiger partial charge in [-0.3, -0.25) is 0 Å². The fraction of sp³-hybridized carbons (Fsp3) is 0.667. The molecular formula is C18H28ClNO. The molecule has 1 N–H and O–H groups in total. The lowest BCUT2D eigenvalue weighted by atomic mass is 9.75. The molecule has 1 aromatic carbocycles. The molecule has 1 aliphatic carbocycles. The van der Waals surface area contributed by atoms with Crippen molar-refractivity contribution in [3.8, 4) is 0 Å². The van der Waals surface area contributed by atoms with E-state index < -0.39 is 6.10 Å². The fourth-order valence-corrected chi connectivity index (χ4v) is 3.41. The van der Waals surface area contributed by atoms with Crippen molar-refractivity contribution in [1.82, 2.24) is 4.90 Å². The van der Waals surface area contributed by atoms with Gasteiger partial charge < -0.3 is 10.0 Å². The summed E-state index contributed by atoms with van der Waals surface area (Å²) in [4.78, 5) is 2.42. The molecule has 3 heteroatoms. The highest BCUT2D eigenvalue weighted by Gasteiger charge is 2.28. The summed E-state index contributed by atoms with van der Waals surface area (Å²) in [5.41, 5.74) is 1.43. The first-order valence-electron chi connectivity index (χ1n) is 8.01. The molecule has 1 atom stereocenters. The van der Waals surface area contributed by atoms with E-state index in [0.29, 0.717) is 16.5 Å². The lowest BCUT2D eigenvalue weighted by Crippen LogP contribution is -2.38. The van der Waals surface area contributed by atoms with Crippen LogP contribution in [-0.2, 0) is 0 Å². The van der Waals surface area contributed by atoms with E-state index in [1.165, 1.54) is 25.7 Å². The molecule has 0 aliphatic heterocycles. The highest BCUT2D eigenvalue weighted by molar-refractivity contribution is 6.30. The quantitative estimate of drug-likeness (QED) is 0.854. The predicted octanol–water partition coefficient (Wildman–Crippen LogP) is 4.66. The summed E-state index contributed by atoms with van der Waals surface area (Å²) >= 11 is 5.98. The second kappa shape index (κ2) is 7.13. The van der Waals surface area contributed by atoms with E-state index in [0.717, 1.165) is 18.5 Å². The third kappa shape index (κ3) is 4.98. The number of halogens is 1. The normalized spacial score (nSPS) is 20.7. The van der Waals surface area contributed by atoms with Gasteiger partial charge in [0.15, 0.2) is 0 Å². The Bertz CT molecular complexity index is 450. The van der Waals surface area contributed by atoms with Crippen molar-refractivity contribution in [2.45, 2.75) is 58.1 Å². The maximum Gasteiger partial charge on any atom is 0.0802 e. The first kappa shape index (κ1) is 16.8. The molecule has 1 aliphatic rings. The Morgan fingerprint density at radius 1 is 1.33 bits per heavy atom. The second-order valence-electron chi connectivity index (χ2n) is 7.24. The van der Waals surface area contributed by atoms with Crippen LogP contribution in [0.1, 0.15) is 57.6 Å². The van der Waals surface area contributed by atoms with E-state index >= 15 is 0 Å². The van der Waals surface area contributed by atoms with Crippen LogP contribution in [0, 0.1) is 5.41 Å². The van der Waals surface area contributed by atoms with Gasteiger partial charge in [-0.15, -0.1) is 0 Å². The van der Waals surface area contributed by atoms with Gasteiger partial charge in [-0.2, -0.15) is 0 Å². The topological polar surface area (TPSA) is 23.5 Å². The maximum atomic E-state index is 10.3. The molecule has 0 saturated heterocycles. The van der Waals surface area contributed by atoms with Gasteiger partial charge in [0.05, 0.1) is 6.10 Å². The van der Waals surface area contributed by atoms with Gasteiger partial charge in [0, 0.05) is 17.6 Å². The Morgan fingerprint density at radius 2 is 2.00 bits per heavy atom. The van der Waals surface area contributed by atoms with E-state index in [-0.39, 0.29) is 0 Å². The summed E-state index contributed by atoms with van der Waals surface area (Å²) in [7, 11) is 2.19. The zero-order chi connectivity index (χ0) is 15.5. The highest BCUT2D eigenvalue weighted by atomic mass is 35.5. The van der Waals surface area contributed by atoms with Gasteiger partial charge >= 0.3 is 0 Å². The molecule has 1 saturated carbocycles. The number of nitrogens with zero attached hydrogens (tertiary/aromatic N) is 1. The molecule has 21 heavy (non-hydrogen) atoms. The number of benzene rings is 1. The van der Waals surface area contributed by atoms with Gasteiger partial charge in [-0.05, 0) is 62.3 Å². The van der Waals surface area contributed by atoms with Crippen LogP contribution in [0.5, 0.6) is 0 Å². The van der Waals surface area contributed by atoms with Crippen LogP contribution in [0.15, 0.2) is 24.3 Å². The summed E-state index contributed by atoms with van der Waals surface area (Å²) < 4.78 is 0. The monoisotopic (exact) mass is 309 g/mol. The lowest BCUT2D eigenvalue weighted by Gasteiger charge is -2.38. The van der Waals surface area contributed by atoms with Crippen LogP contribution < -0.4 is 0 Å². The summed E-state index contributed by atoms with van der Waals surface area (Å²) in [6.45, 7) is 5.66. The largest absolute Gasteiger partial charge is 0.388 e. The minimum atomic E-state index is -0.425. The average molecular weight is 310 g/mol. The molecule has 0 radical (unpaired) electrons. The molecule has 0 bridgehead atoms. The summed E-state index contributed by atoms with van der Waals surface area (Å²) in [5, 5.41) is 11.0. The molecule has 1 fully saturated rings. The molecule has 0 spiro atoms. The smallest absolute Gasteiger partial charge is 0.0802 e. The average Bonchev–Trinajstić information content (AvgIpc) is 2.44. The van der Waals surface area contributed by atoms with Gasteiger partial charge in [0.25, 0.3) is 0 Å². The minimum Gasteiger partial charge on any atom is -0.388 e. The van der Waals surface area contributed by atoms with Crippen molar-refractivity contribution in [1.29, 1.82) is 0 Å². The molecule has 0 heterocycles. The molecule has 118 valence electrons. The minimum absolute atomic E-state index is 0.425. The van der Waals surface area contributed by atoms with Gasteiger partial charge in [0.2, 0.25) is 0 Å². The van der Waals surface area contributed by atoms with Crippen molar-refractivity contribution in [2.75, 3.05) is 13.6 Å². The van der Waals surface area contributed by atoms with Crippen LogP contribution >= 0.6 is 11.6 Å². The third-order valence-electron chi connectivity index (χ3n) is 4.92. The van der Waals surface area contributed by atoms with Crippen molar-refractivity contribution in [3.05, 3.63) is 34.9 Å². The Morgan fingerprint density at radius 3 is 2.62 bits per heavy atom. The Balaban J connectivity index is 1.80. The molecule has 0 aromatic heterocycles. The number of hydrogen-bond acceptors (Lipinski definition) is 2. The number of aliphatic hydroxyl groups is 1. The van der Waals surface area contributed by atoms with Gasteiger partial charge in [0.1, 0.15) is 0 Å². The standard InChI is InChI=1S/C18H28ClNO/c1-18(2)10-7-16(8-11-18)20(3)12-9-17(21)14-5-4-6-15(19)13-14/h4-6,13,16-17,21H,7-12H2,1-3H3. The predicted molar refractivity (Wildman–Crippen MR) is 89.7 cm³/mol. The van der Waals surface area contributed by atoms with Crippen molar-refractivity contribution < 1.29 is 5.11 Å². The Hall–Kier alpha value is -0.570. The first-order chi connectivity index (χ1) is 9.87. The summed E-state index contributed by atoms with van der Waals surface area (Å²) in [6, 6.07) is 8.21. The Kier molecular flexibility index (Phi) is 5.70. The van der Waals surface area contributed by atoms with E-state index in [2.05, 4.69) is 25.8 Å². The zero-order valence-corrected chi connectivity index (χ0v) is 14.2. The molecule has 1 aromatic rings. The van der Waals surface area contributed by atoms with E-state index in [9.17, 15) is 5.11 Å². The van der Waals surface area contributed by atoms with E-state index in [1.807, 2.05) is 24.3 Å². The van der Waals surface area contributed by atoms with E-state index in [4.69, 9.17) is 11.6 Å². The molecule has 2 nitrogen and oxygen atoms in total. The number of rotatable bonds is 5. The van der Waals surface area contributed by atoms with Crippen molar-refractivity contribution in [2.24, 2.45) is 5.41 Å². The summed E-state index contributed by atoms with van der Waals surface area (Å²) in [6.07, 6.45) is 5.49. The second-order valence-corrected chi connectivity index (χ2v) is 7.67. The van der Waals surface area contributed by atoms with Crippen LogP contribution in [0.4, 0.5) is 0 Å². The molecule has 0 amide bonds. The zero-order valence-electron chi connectivity index (χ0n) is 13.5. The van der Waals surface area contributed by atoms with Crippen molar-refractivity contribution in [3.63, 3.8) is 0 Å². The number of hydrogen-bond donors (Lipinski definition) is 1. The number of aliphatic hydroxyl groups excluding tert-OH is 1. The first-order valence-corrected chi connectivity index (χ1v) is 8.39. The van der Waals surface area contributed by atoms with Gasteiger partial charge in [-0.25, -0.2) is 0 Å². The third-order valence-corrected chi connectivity index (χ3v) is 5.16. The van der Waals surface area contributed by atoms with Crippen LogP contribution in [0.3, 0.4) is 0 Å². The fourth-order valence-electron chi connectivity index (χ4n) is 3.21. The molecular weight excluding hydrogens is 282 g/mol. The Labute approximate surface area is 134 Å².